The summed E-state index contributed by atoms with van der Waals surface area (Å²) in [5.41, 5.74) is 0.250. The molecule has 1 aromatic carbocycles. The van der Waals surface area contributed by atoms with Crippen molar-refractivity contribution in [2.24, 2.45) is 0 Å². The summed E-state index contributed by atoms with van der Waals surface area (Å²) in [6, 6.07) is 8.99. The van der Waals surface area contributed by atoms with Crippen LogP contribution in [0.15, 0.2) is 42.6 Å². The lowest BCUT2D eigenvalue weighted by atomic mass is 10.1. The van der Waals surface area contributed by atoms with Crippen LogP contribution in [0.1, 0.15) is 27.7 Å². The molecule has 0 bridgehead atoms. The van der Waals surface area contributed by atoms with Crippen LogP contribution in [0.25, 0.3) is 0 Å². The smallest absolute Gasteiger partial charge is 0.371 e. The number of hydrogen-bond donors (Lipinski definition) is 2. The molecule has 5 nitrogen and oxygen atoms in total. The summed E-state index contributed by atoms with van der Waals surface area (Å²) in [5, 5.41) is 5.80. The molecule has 0 unspecified atom stereocenters. The third kappa shape index (κ3) is 4.94. The fourth-order valence-electron chi connectivity index (χ4n) is 2.49. The first-order chi connectivity index (χ1) is 11.9. The van der Waals surface area contributed by atoms with Crippen LogP contribution in [0.5, 0.6) is 0 Å². The van der Waals surface area contributed by atoms with Gasteiger partial charge in [0.25, 0.3) is 5.91 Å². The lowest BCUT2D eigenvalue weighted by Gasteiger charge is -2.24. The summed E-state index contributed by atoms with van der Waals surface area (Å²) in [4.78, 5) is 15.4. The molecule has 2 N–H and O–H groups in total. The number of nitrogens with one attached hydrogen (secondary N) is 2. The SMILES string of the molecule is Cl.O=C(Nc1ccc([C@H]2CNCCO2)cc1)c1ccnc(C(F)(F)F)c1. The summed E-state index contributed by atoms with van der Waals surface area (Å²) >= 11 is 0. The van der Waals surface area contributed by atoms with Crippen LogP contribution < -0.4 is 10.6 Å². The van der Waals surface area contributed by atoms with E-state index in [0.29, 0.717) is 18.8 Å². The minimum Gasteiger partial charge on any atom is -0.371 e. The monoisotopic (exact) mass is 387 g/mol. The number of carbonyl (C=O) groups excluding carboxylic acids is 1. The summed E-state index contributed by atoms with van der Waals surface area (Å²) in [6.07, 6.45) is -3.67. The number of amides is 1. The van der Waals surface area contributed by atoms with Crippen molar-refractivity contribution in [1.29, 1.82) is 0 Å². The van der Waals surface area contributed by atoms with Crippen molar-refractivity contribution >= 4 is 24.0 Å². The molecule has 1 aliphatic heterocycles. The topological polar surface area (TPSA) is 63.2 Å². The number of morpholine rings is 1. The molecule has 26 heavy (non-hydrogen) atoms. The van der Waals surface area contributed by atoms with Crippen molar-refractivity contribution in [1.82, 2.24) is 10.3 Å². The second kappa shape index (κ2) is 8.48. The summed E-state index contributed by atoms with van der Waals surface area (Å²) in [5.74, 6) is -0.628. The lowest BCUT2D eigenvalue weighted by molar-refractivity contribution is -0.141. The molecule has 0 radical (unpaired) electrons. The quantitative estimate of drug-likeness (QED) is 0.847. The van der Waals surface area contributed by atoms with Crippen molar-refractivity contribution in [3.63, 3.8) is 0 Å². The number of alkyl halides is 3. The van der Waals surface area contributed by atoms with Gasteiger partial charge in [-0.3, -0.25) is 9.78 Å². The van der Waals surface area contributed by atoms with Crippen molar-refractivity contribution < 1.29 is 22.7 Å². The number of carbonyl (C=O) groups is 1. The number of halogens is 4. The van der Waals surface area contributed by atoms with Gasteiger partial charge >= 0.3 is 6.18 Å². The Morgan fingerprint density at radius 2 is 1.96 bits per heavy atom. The van der Waals surface area contributed by atoms with E-state index in [-0.39, 0.29) is 24.1 Å². The molecule has 0 saturated carbocycles. The van der Waals surface area contributed by atoms with Gasteiger partial charge in [-0.1, -0.05) is 12.1 Å². The summed E-state index contributed by atoms with van der Waals surface area (Å²) < 4.78 is 43.6. The maximum Gasteiger partial charge on any atom is 0.433 e. The molecule has 9 heteroatoms. The largest absolute Gasteiger partial charge is 0.433 e. The standard InChI is InChI=1S/C17H16F3N3O2.ClH/c18-17(19,20)15-9-12(5-6-22-15)16(24)23-13-3-1-11(2-4-13)14-10-21-7-8-25-14;/h1-6,9,14,21H,7-8,10H2,(H,23,24);1H/t14-;/m1./s1. The van der Waals surface area contributed by atoms with Crippen LogP contribution >= 0.6 is 12.4 Å². The second-order valence-electron chi connectivity index (χ2n) is 5.57. The first-order valence-electron chi connectivity index (χ1n) is 7.70. The van der Waals surface area contributed by atoms with Crippen LogP contribution in [-0.2, 0) is 10.9 Å². The molecule has 1 fully saturated rings. The van der Waals surface area contributed by atoms with Crippen LogP contribution in [0.4, 0.5) is 18.9 Å². The van der Waals surface area contributed by atoms with Crippen LogP contribution in [0, 0.1) is 0 Å². The van der Waals surface area contributed by atoms with Crippen molar-refractivity contribution in [2.75, 3.05) is 25.0 Å². The predicted octanol–water partition coefficient (Wildman–Crippen LogP) is 3.44. The van der Waals surface area contributed by atoms with Gasteiger partial charge in [-0.25, -0.2) is 0 Å². The van der Waals surface area contributed by atoms with Gasteiger partial charge in [-0.05, 0) is 29.8 Å². The van der Waals surface area contributed by atoms with Gasteiger partial charge in [0, 0.05) is 30.5 Å². The molecule has 1 aromatic heterocycles. The zero-order valence-electron chi connectivity index (χ0n) is 13.5. The van der Waals surface area contributed by atoms with Crippen LogP contribution in [0.3, 0.4) is 0 Å². The van der Waals surface area contributed by atoms with E-state index in [1.165, 1.54) is 6.07 Å². The Balaban J connectivity index is 0.00000243. The highest BCUT2D eigenvalue weighted by Crippen LogP contribution is 2.28. The van der Waals surface area contributed by atoms with E-state index in [0.717, 1.165) is 24.4 Å². The molecule has 1 aliphatic rings. The number of pyridine rings is 1. The molecule has 3 rings (SSSR count). The average molecular weight is 388 g/mol. The van der Waals surface area contributed by atoms with E-state index in [2.05, 4.69) is 15.6 Å². The van der Waals surface area contributed by atoms with Crippen LogP contribution in [-0.4, -0.2) is 30.6 Å². The third-order valence-electron chi connectivity index (χ3n) is 3.78. The fraction of sp³-hybridized carbons (Fsp3) is 0.294. The highest BCUT2D eigenvalue weighted by Gasteiger charge is 2.32. The number of anilines is 1. The molecule has 2 aromatic rings. The maximum atomic E-state index is 12.7. The first-order valence-corrected chi connectivity index (χ1v) is 7.70. The lowest BCUT2D eigenvalue weighted by Crippen LogP contribution is -2.33. The number of aromatic nitrogens is 1. The molecule has 0 spiro atoms. The summed E-state index contributed by atoms with van der Waals surface area (Å²) in [7, 11) is 0. The Hall–Kier alpha value is -2.16. The van der Waals surface area contributed by atoms with E-state index in [1.807, 2.05) is 12.1 Å². The Kier molecular flexibility index (Phi) is 6.57. The van der Waals surface area contributed by atoms with E-state index in [9.17, 15) is 18.0 Å². The van der Waals surface area contributed by atoms with Gasteiger partial charge < -0.3 is 15.4 Å². The number of nitrogens with zero attached hydrogens (tertiary/aromatic N) is 1. The average Bonchev–Trinajstić information content (AvgIpc) is 2.62. The van der Waals surface area contributed by atoms with Gasteiger partial charge in [0.15, 0.2) is 0 Å². The van der Waals surface area contributed by atoms with Gasteiger partial charge in [-0.2, -0.15) is 13.2 Å². The highest BCUT2D eigenvalue weighted by atomic mass is 35.5. The normalized spacial score (nSPS) is 17.3. The van der Waals surface area contributed by atoms with E-state index in [1.54, 1.807) is 12.1 Å². The maximum absolute atomic E-state index is 12.7. The molecular formula is C17H17ClF3N3O2. The zero-order chi connectivity index (χ0) is 17.9. The Morgan fingerprint density at radius 3 is 2.58 bits per heavy atom. The molecular weight excluding hydrogens is 371 g/mol. The Morgan fingerprint density at radius 1 is 1.23 bits per heavy atom. The molecule has 140 valence electrons. The number of ether oxygens (including phenoxy) is 1. The van der Waals surface area contributed by atoms with E-state index < -0.39 is 17.8 Å². The minimum atomic E-state index is -4.59. The van der Waals surface area contributed by atoms with E-state index in [4.69, 9.17) is 4.74 Å². The van der Waals surface area contributed by atoms with Crippen LogP contribution in [0.2, 0.25) is 0 Å². The molecule has 1 atom stereocenters. The second-order valence-corrected chi connectivity index (χ2v) is 5.57. The highest BCUT2D eigenvalue weighted by molar-refractivity contribution is 6.04. The van der Waals surface area contributed by atoms with Crippen molar-refractivity contribution in [3.05, 3.63) is 59.4 Å². The molecule has 1 amide bonds. The fourth-order valence-corrected chi connectivity index (χ4v) is 2.49. The summed E-state index contributed by atoms with van der Waals surface area (Å²) in [6.45, 7) is 2.16. The zero-order valence-corrected chi connectivity index (χ0v) is 14.4. The van der Waals surface area contributed by atoms with Gasteiger partial charge in [-0.15, -0.1) is 12.4 Å². The first kappa shape index (κ1) is 20.2. The molecule has 1 saturated heterocycles. The Labute approximate surface area is 154 Å². The Bertz CT molecular complexity index is 748. The number of benzene rings is 1. The molecule has 0 aliphatic carbocycles. The van der Waals surface area contributed by atoms with Gasteiger partial charge in [0.1, 0.15) is 5.69 Å². The van der Waals surface area contributed by atoms with Gasteiger partial charge in [0.2, 0.25) is 0 Å². The van der Waals surface area contributed by atoms with Gasteiger partial charge in [0.05, 0.1) is 12.7 Å². The third-order valence-corrected chi connectivity index (χ3v) is 3.78. The van der Waals surface area contributed by atoms with Crippen molar-refractivity contribution in [2.45, 2.75) is 12.3 Å². The predicted molar refractivity (Wildman–Crippen MR) is 92.4 cm³/mol. The number of hydrogen-bond acceptors (Lipinski definition) is 4. The number of rotatable bonds is 3. The molecule has 2 heterocycles. The minimum absolute atomic E-state index is 0. The van der Waals surface area contributed by atoms with Crippen molar-refractivity contribution in [3.8, 4) is 0 Å². The van der Waals surface area contributed by atoms with E-state index >= 15 is 0 Å².